The third kappa shape index (κ3) is 3.70. The molecule has 0 unspecified atom stereocenters. The van der Waals surface area contributed by atoms with Crippen molar-refractivity contribution < 1.29 is 24.6 Å². The maximum absolute atomic E-state index is 10.4. The first-order chi connectivity index (χ1) is 5.45. The maximum Gasteiger partial charge on any atom is 0.129 e. The van der Waals surface area contributed by atoms with E-state index in [2.05, 4.69) is 0 Å². The average Bonchev–Trinajstić information content (AvgIpc) is 1.84. The number of carboxylic acids is 2. The fourth-order valence-electron chi connectivity index (χ4n) is 0.680. The SMILES string of the molecule is CC(=O)CCC(C(=O)[O-])C(=O)[O-]. The number of carboxylic acid groups (broad SMARTS) is 2. The van der Waals surface area contributed by atoms with Crippen LogP contribution < -0.4 is 10.2 Å². The molecule has 0 aliphatic rings. The zero-order valence-electron chi connectivity index (χ0n) is 6.53. The van der Waals surface area contributed by atoms with E-state index in [9.17, 15) is 24.6 Å². The summed E-state index contributed by atoms with van der Waals surface area (Å²) in [5, 5.41) is 20.2. The number of ketones is 1. The lowest BCUT2D eigenvalue weighted by Crippen LogP contribution is -2.43. The normalized spacial score (nSPS) is 9.83. The highest BCUT2D eigenvalue weighted by atomic mass is 16.4. The van der Waals surface area contributed by atoms with E-state index in [0.717, 1.165) is 0 Å². The minimum Gasteiger partial charge on any atom is -0.549 e. The molecule has 0 aromatic carbocycles. The molecule has 0 saturated carbocycles. The highest BCUT2D eigenvalue weighted by molar-refractivity contribution is 5.91. The Kier molecular flexibility index (Phi) is 3.96. The first-order valence-electron chi connectivity index (χ1n) is 3.36. The summed E-state index contributed by atoms with van der Waals surface area (Å²) >= 11 is 0. The molecule has 0 saturated heterocycles. The molecule has 5 nitrogen and oxygen atoms in total. The number of aliphatic carboxylic acids is 2. The predicted octanol–water partition coefficient (Wildman–Crippen LogP) is -2.53. The van der Waals surface area contributed by atoms with Crippen LogP contribution >= 0.6 is 0 Å². The van der Waals surface area contributed by atoms with Crippen LogP contribution in [0.3, 0.4) is 0 Å². The van der Waals surface area contributed by atoms with E-state index in [1.165, 1.54) is 6.92 Å². The van der Waals surface area contributed by atoms with Gasteiger partial charge in [0.2, 0.25) is 0 Å². The summed E-state index contributed by atoms with van der Waals surface area (Å²) in [5.74, 6) is -5.37. The van der Waals surface area contributed by atoms with Gasteiger partial charge in [-0.2, -0.15) is 0 Å². The second-order valence-corrected chi connectivity index (χ2v) is 2.43. The number of rotatable bonds is 5. The smallest absolute Gasteiger partial charge is 0.129 e. The molecule has 0 spiro atoms. The fraction of sp³-hybridized carbons (Fsp3) is 0.571. The van der Waals surface area contributed by atoms with Crippen LogP contribution in [0.5, 0.6) is 0 Å². The lowest BCUT2D eigenvalue weighted by Gasteiger charge is -2.17. The van der Waals surface area contributed by atoms with Gasteiger partial charge < -0.3 is 24.6 Å². The molecule has 0 amide bonds. The summed E-state index contributed by atoms with van der Waals surface area (Å²) in [6, 6.07) is 0. The Morgan fingerprint density at radius 1 is 1.17 bits per heavy atom. The zero-order valence-corrected chi connectivity index (χ0v) is 6.53. The van der Waals surface area contributed by atoms with Crippen molar-refractivity contribution in [2.45, 2.75) is 19.8 Å². The van der Waals surface area contributed by atoms with Crippen LogP contribution in [0.4, 0.5) is 0 Å². The minimum absolute atomic E-state index is 0.0906. The molecule has 0 aliphatic carbocycles. The second-order valence-electron chi connectivity index (χ2n) is 2.43. The molecular formula is C7H8O5-2. The predicted molar refractivity (Wildman–Crippen MR) is 33.4 cm³/mol. The molecule has 68 valence electrons. The molecule has 0 N–H and O–H groups in total. The van der Waals surface area contributed by atoms with Gasteiger partial charge in [0.25, 0.3) is 0 Å². The monoisotopic (exact) mass is 172 g/mol. The van der Waals surface area contributed by atoms with Gasteiger partial charge in [0.1, 0.15) is 5.78 Å². The average molecular weight is 172 g/mol. The molecule has 0 radical (unpaired) electrons. The maximum atomic E-state index is 10.4. The molecule has 5 heteroatoms. The molecule has 0 heterocycles. The first kappa shape index (κ1) is 10.6. The van der Waals surface area contributed by atoms with Gasteiger partial charge in [-0.05, 0) is 13.3 Å². The van der Waals surface area contributed by atoms with E-state index in [-0.39, 0.29) is 18.6 Å². The quantitative estimate of drug-likeness (QED) is 0.426. The Morgan fingerprint density at radius 3 is 1.83 bits per heavy atom. The summed E-state index contributed by atoms with van der Waals surface area (Å²) in [6.45, 7) is 1.25. The Morgan fingerprint density at radius 2 is 1.58 bits per heavy atom. The Bertz CT molecular complexity index is 194. The van der Waals surface area contributed by atoms with Crippen molar-refractivity contribution >= 4 is 17.7 Å². The molecule has 0 aromatic heterocycles. The largest absolute Gasteiger partial charge is 0.549 e. The van der Waals surface area contributed by atoms with Gasteiger partial charge in [-0.3, -0.25) is 0 Å². The van der Waals surface area contributed by atoms with Crippen molar-refractivity contribution in [3.63, 3.8) is 0 Å². The summed E-state index contributed by atoms with van der Waals surface area (Å²) in [6.07, 6.45) is -0.355. The zero-order chi connectivity index (χ0) is 9.72. The van der Waals surface area contributed by atoms with E-state index in [4.69, 9.17) is 0 Å². The molecule has 0 aromatic rings. The molecule has 0 aliphatic heterocycles. The van der Waals surface area contributed by atoms with Gasteiger partial charge in [0.05, 0.1) is 11.9 Å². The van der Waals surface area contributed by atoms with Crippen LogP contribution in [0, 0.1) is 5.92 Å². The van der Waals surface area contributed by atoms with Crippen LogP contribution in [-0.2, 0) is 14.4 Å². The van der Waals surface area contributed by atoms with Gasteiger partial charge >= 0.3 is 0 Å². The van der Waals surface area contributed by atoms with Crippen LogP contribution in [0.25, 0.3) is 0 Å². The first-order valence-corrected chi connectivity index (χ1v) is 3.36. The van der Waals surface area contributed by atoms with Gasteiger partial charge in [0, 0.05) is 12.3 Å². The molecule has 0 bridgehead atoms. The van der Waals surface area contributed by atoms with E-state index >= 15 is 0 Å². The van der Waals surface area contributed by atoms with E-state index in [1.807, 2.05) is 0 Å². The van der Waals surface area contributed by atoms with E-state index in [0.29, 0.717) is 0 Å². The molecular weight excluding hydrogens is 164 g/mol. The lowest BCUT2D eigenvalue weighted by atomic mass is 10.0. The topological polar surface area (TPSA) is 97.3 Å². The highest BCUT2D eigenvalue weighted by Crippen LogP contribution is 2.04. The summed E-state index contributed by atoms with van der Waals surface area (Å²) in [4.78, 5) is 30.6. The highest BCUT2D eigenvalue weighted by Gasteiger charge is 2.11. The van der Waals surface area contributed by atoms with Crippen molar-refractivity contribution in [1.82, 2.24) is 0 Å². The van der Waals surface area contributed by atoms with Gasteiger partial charge in [-0.15, -0.1) is 0 Å². The molecule has 0 rings (SSSR count). The minimum atomic E-state index is -1.71. The fourth-order valence-corrected chi connectivity index (χ4v) is 0.680. The Hall–Kier alpha value is -1.39. The van der Waals surface area contributed by atoms with Crippen LogP contribution in [-0.4, -0.2) is 17.7 Å². The van der Waals surface area contributed by atoms with Crippen molar-refractivity contribution in [1.29, 1.82) is 0 Å². The van der Waals surface area contributed by atoms with E-state index < -0.39 is 17.9 Å². The van der Waals surface area contributed by atoms with Crippen LogP contribution in [0.1, 0.15) is 19.8 Å². The summed E-state index contributed by atoms with van der Waals surface area (Å²) < 4.78 is 0. The lowest BCUT2D eigenvalue weighted by molar-refractivity contribution is -0.331. The number of Topliss-reactive ketones (excluding diaryl/α,β-unsaturated/α-hetero) is 1. The van der Waals surface area contributed by atoms with Gasteiger partial charge in [0.15, 0.2) is 0 Å². The molecule has 12 heavy (non-hydrogen) atoms. The van der Waals surface area contributed by atoms with E-state index in [1.54, 1.807) is 0 Å². The summed E-state index contributed by atoms with van der Waals surface area (Å²) in [5.41, 5.74) is 0. The molecule has 0 atom stereocenters. The number of carbonyl (C=O) groups is 3. The van der Waals surface area contributed by atoms with Crippen molar-refractivity contribution in [3.8, 4) is 0 Å². The molecule has 0 fully saturated rings. The number of hydrogen-bond acceptors (Lipinski definition) is 5. The Balaban J connectivity index is 4.06. The van der Waals surface area contributed by atoms with Crippen molar-refractivity contribution in [2.24, 2.45) is 5.92 Å². The van der Waals surface area contributed by atoms with Crippen molar-refractivity contribution in [3.05, 3.63) is 0 Å². The third-order valence-corrected chi connectivity index (χ3v) is 1.35. The Labute approximate surface area is 69.0 Å². The number of hydrogen-bond donors (Lipinski definition) is 0. The number of carbonyl (C=O) groups excluding carboxylic acids is 3. The standard InChI is InChI=1S/C7H10O5/c1-4(8)2-3-5(6(9)10)7(11)12/h5H,2-3H2,1H3,(H,9,10)(H,11,12)/p-2. The van der Waals surface area contributed by atoms with Crippen LogP contribution in [0.2, 0.25) is 0 Å². The van der Waals surface area contributed by atoms with Gasteiger partial charge in [-0.25, -0.2) is 0 Å². The van der Waals surface area contributed by atoms with Crippen molar-refractivity contribution in [2.75, 3.05) is 0 Å². The third-order valence-electron chi connectivity index (χ3n) is 1.35. The van der Waals surface area contributed by atoms with Gasteiger partial charge in [-0.1, -0.05) is 0 Å². The summed E-state index contributed by atoms with van der Waals surface area (Å²) in [7, 11) is 0. The second kappa shape index (κ2) is 4.48. The van der Waals surface area contributed by atoms with Crippen LogP contribution in [0.15, 0.2) is 0 Å².